The van der Waals surface area contributed by atoms with Crippen molar-refractivity contribution in [2.24, 2.45) is 0 Å². The zero-order chi connectivity index (χ0) is 20.4. The summed E-state index contributed by atoms with van der Waals surface area (Å²) in [6.07, 6.45) is 0.531. The number of carbonyl (C=O) groups excluding carboxylic acids is 1. The highest BCUT2D eigenvalue weighted by Crippen LogP contribution is 2.36. The molecule has 1 aliphatic heterocycles. The van der Waals surface area contributed by atoms with Gasteiger partial charge in [-0.2, -0.15) is 4.98 Å². The number of piperidine rings is 1. The van der Waals surface area contributed by atoms with Crippen LogP contribution < -0.4 is 5.32 Å². The number of halogens is 3. The summed E-state index contributed by atoms with van der Waals surface area (Å²) >= 11 is 5.73. The molecule has 0 saturated carbocycles. The topological polar surface area (TPSA) is 71.3 Å². The first-order valence-electron chi connectivity index (χ1n) is 9.05. The van der Waals surface area contributed by atoms with Gasteiger partial charge in [-0.3, -0.25) is 0 Å². The van der Waals surface area contributed by atoms with E-state index >= 15 is 4.39 Å². The lowest BCUT2D eigenvalue weighted by Crippen LogP contribution is -2.48. The summed E-state index contributed by atoms with van der Waals surface area (Å²) in [7, 11) is 0. The minimum Gasteiger partial charge on any atom is -0.335 e. The van der Waals surface area contributed by atoms with Crippen molar-refractivity contribution in [3.8, 4) is 11.4 Å². The first-order chi connectivity index (χ1) is 14.0. The van der Waals surface area contributed by atoms with Gasteiger partial charge in [-0.05, 0) is 25.0 Å². The molecule has 150 valence electrons. The Morgan fingerprint density at radius 1 is 1.21 bits per heavy atom. The lowest BCUT2D eigenvalue weighted by atomic mass is 9.94. The zero-order valence-corrected chi connectivity index (χ0v) is 16.0. The Kier molecular flexibility index (Phi) is 5.19. The number of rotatable bonds is 3. The van der Waals surface area contributed by atoms with Gasteiger partial charge < -0.3 is 14.7 Å². The van der Waals surface area contributed by atoms with Gasteiger partial charge >= 0.3 is 6.03 Å². The van der Waals surface area contributed by atoms with Crippen LogP contribution in [0.4, 0.5) is 19.3 Å². The molecular formula is C20H17ClF2N4O2. The van der Waals surface area contributed by atoms with Gasteiger partial charge in [0.2, 0.25) is 11.5 Å². The van der Waals surface area contributed by atoms with Crippen LogP contribution in [-0.4, -0.2) is 34.2 Å². The van der Waals surface area contributed by atoms with Crippen LogP contribution in [0.5, 0.6) is 0 Å². The van der Waals surface area contributed by atoms with Crippen LogP contribution in [0.2, 0.25) is 5.02 Å². The number of aromatic nitrogens is 2. The van der Waals surface area contributed by atoms with Crippen molar-refractivity contribution in [2.75, 3.05) is 18.4 Å². The summed E-state index contributed by atoms with van der Waals surface area (Å²) in [6, 6.07) is 12.7. The third-order valence-electron chi connectivity index (χ3n) is 4.76. The van der Waals surface area contributed by atoms with E-state index in [9.17, 15) is 9.18 Å². The molecule has 2 heterocycles. The smallest absolute Gasteiger partial charge is 0.322 e. The van der Waals surface area contributed by atoms with Crippen molar-refractivity contribution in [3.63, 3.8) is 0 Å². The second-order valence-electron chi connectivity index (χ2n) is 6.81. The first kappa shape index (κ1) is 19.3. The first-order valence-corrected chi connectivity index (χ1v) is 9.42. The van der Waals surface area contributed by atoms with Gasteiger partial charge in [-0.15, -0.1) is 0 Å². The molecule has 1 aromatic heterocycles. The maximum absolute atomic E-state index is 15.6. The number of carbonyl (C=O) groups is 1. The van der Waals surface area contributed by atoms with Crippen LogP contribution in [0.15, 0.2) is 53.1 Å². The Bertz CT molecular complexity index is 1030. The fraction of sp³-hybridized carbons (Fsp3) is 0.250. The second-order valence-corrected chi connectivity index (χ2v) is 7.22. The van der Waals surface area contributed by atoms with E-state index < -0.39 is 17.5 Å². The van der Waals surface area contributed by atoms with E-state index in [1.54, 1.807) is 12.1 Å². The van der Waals surface area contributed by atoms with E-state index in [0.29, 0.717) is 18.5 Å². The van der Waals surface area contributed by atoms with Gasteiger partial charge in [0.25, 0.3) is 5.89 Å². The van der Waals surface area contributed by atoms with E-state index in [4.69, 9.17) is 16.1 Å². The summed E-state index contributed by atoms with van der Waals surface area (Å²) in [6.45, 7) is 0.0385. The number of amides is 2. The lowest BCUT2D eigenvalue weighted by Gasteiger charge is -2.35. The third kappa shape index (κ3) is 3.93. The average Bonchev–Trinajstić information content (AvgIpc) is 3.23. The molecule has 9 heteroatoms. The number of hydrogen-bond acceptors (Lipinski definition) is 4. The Hall–Kier alpha value is -3.00. The summed E-state index contributed by atoms with van der Waals surface area (Å²) in [5, 5.41) is 6.18. The van der Waals surface area contributed by atoms with Gasteiger partial charge in [-0.25, -0.2) is 13.6 Å². The number of urea groups is 1. The van der Waals surface area contributed by atoms with Crippen LogP contribution >= 0.6 is 11.6 Å². The molecule has 1 fully saturated rings. The molecule has 6 nitrogen and oxygen atoms in total. The van der Waals surface area contributed by atoms with Crippen molar-refractivity contribution in [3.05, 3.63) is 65.3 Å². The standard InChI is InChI=1S/C20H17ClF2N4O2/c21-14-8-4-9-15(16(14)22)24-19(28)27-11-5-10-20(23,12-27)18-25-17(26-29-18)13-6-2-1-3-7-13/h1-4,6-9H,5,10-12H2,(H,24,28). The summed E-state index contributed by atoms with van der Waals surface area (Å²) in [5.74, 6) is -0.640. The maximum Gasteiger partial charge on any atom is 0.322 e. The molecule has 3 aromatic rings. The molecule has 0 aliphatic carbocycles. The maximum atomic E-state index is 15.6. The van der Waals surface area contributed by atoms with Crippen molar-refractivity contribution < 1.29 is 18.1 Å². The number of alkyl halides is 1. The molecular weight excluding hydrogens is 402 g/mol. The molecule has 1 saturated heterocycles. The molecule has 1 N–H and O–H groups in total. The van der Waals surface area contributed by atoms with Crippen LogP contribution in [0.3, 0.4) is 0 Å². The summed E-state index contributed by atoms with van der Waals surface area (Å²) in [4.78, 5) is 18.0. The average molecular weight is 419 g/mol. The Morgan fingerprint density at radius 2 is 2.00 bits per heavy atom. The van der Waals surface area contributed by atoms with Gasteiger partial charge in [0, 0.05) is 12.1 Å². The Morgan fingerprint density at radius 3 is 2.79 bits per heavy atom. The molecule has 0 bridgehead atoms. The molecule has 29 heavy (non-hydrogen) atoms. The van der Waals surface area contributed by atoms with Crippen molar-refractivity contribution >= 4 is 23.3 Å². The fourth-order valence-corrected chi connectivity index (χ4v) is 3.44. The quantitative estimate of drug-likeness (QED) is 0.648. The third-order valence-corrected chi connectivity index (χ3v) is 5.06. The molecule has 0 spiro atoms. The number of hydrogen-bond donors (Lipinski definition) is 1. The van der Waals surface area contributed by atoms with Crippen LogP contribution in [0.1, 0.15) is 18.7 Å². The van der Waals surface area contributed by atoms with E-state index in [1.807, 2.05) is 18.2 Å². The number of nitrogens with one attached hydrogen (secondary N) is 1. The molecule has 0 radical (unpaired) electrons. The highest BCUT2D eigenvalue weighted by Gasteiger charge is 2.44. The van der Waals surface area contributed by atoms with Gasteiger partial charge in [0.1, 0.15) is 0 Å². The number of nitrogens with zero attached hydrogens (tertiary/aromatic N) is 3. The van der Waals surface area contributed by atoms with Crippen molar-refractivity contribution in [1.82, 2.24) is 15.0 Å². The molecule has 2 aromatic carbocycles. The predicted molar refractivity (Wildman–Crippen MR) is 104 cm³/mol. The Labute approximate surface area is 170 Å². The largest absolute Gasteiger partial charge is 0.335 e. The van der Waals surface area contributed by atoms with Gasteiger partial charge in [0.05, 0.1) is 17.3 Å². The minimum atomic E-state index is -1.98. The Balaban J connectivity index is 1.51. The lowest BCUT2D eigenvalue weighted by molar-refractivity contribution is 0.0333. The van der Waals surface area contributed by atoms with Gasteiger partial charge in [-0.1, -0.05) is 53.2 Å². The van der Waals surface area contributed by atoms with E-state index in [0.717, 1.165) is 0 Å². The van der Waals surface area contributed by atoms with Crippen molar-refractivity contribution in [2.45, 2.75) is 18.5 Å². The van der Waals surface area contributed by atoms with Crippen LogP contribution in [0, 0.1) is 5.82 Å². The van der Waals surface area contributed by atoms with Crippen LogP contribution in [0.25, 0.3) is 11.4 Å². The number of anilines is 1. The van der Waals surface area contributed by atoms with E-state index in [1.165, 1.54) is 23.1 Å². The SMILES string of the molecule is O=C(Nc1cccc(Cl)c1F)N1CCCC(F)(c2nc(-c3ccccc3)no2)C1. The highest BCUT2D eigenvalue weighted by atomic mass is 35.5. The van der Waals surface area contributed by atoms with Crippen molar-refractivity contribution in [1.29, 1.82) is 0 Å². The summed E-state index contributed by atoms with van der Waals surface area (Å²) in [5.41, 5.74) is -1.35. The molecule has 1 atom stereocenters. The molecule has 1 aliphatic rings. The molecule has 1 unspecified atom stereocenters. The zero-order valence-electron chi connectivity index (χ0n) is 15.2. The van der Waals surface area contributed by atoms with E-state index in [-0.39, 0.29) is 35.4 Å². The van der Waals surface area contributed by atoms with Crippen LogP contribution in [-0.2, 0) is 5.67 Å². The molecule has 4 rings (SSSR count). The number of benzene rings is 2. The molecule has 2 amide bonds. The minimum absolute atomic E-state index is 0.0679. The highest BCUT2D eigenvalue weighted by molar-refractivity contribution is 6.31. The predicted octanol–water partition coefficient (Wildman–Crippen LogP) is 5.02. The normalized spacial score (nSPS) is 19.2. The second kappa shape index (κ2) is 7.79. The van der Waals surface area contributed by atoms with Gasteiger partial charge in [0.15, 0.2) is 5.82 Å². The monoisotopic (exact) mass is 418 g/mol. The van der Waals surface area contributed by atoms with E-state index in [2.05, 4.69) is 15.5 Å². The fourth-order valence-electron chi connectivity index (χ4n) is 3.26. The number of likely N-dealkylation sites (tertiary alicyclic amines) is 1. The summed E-state index contributed by atoms with van der Waals surface area (Å²) < 4.78 is 34.8.